The van der Waals surface area contributed by atoms with Crippen LogP contribution in [0.2, 0.25) is 0 Å². The van der Waals surface area contributed by atoms with E-state index in [1.54, 1.807) is 18.5 Å². The van der Waals surface area contributed by atoms with Crippen molar-refractivity contribution in [2.45, 2.75) is 20.0 Å². The van der Waals surface area contributed by atoms with E-state index in [1.165, 1.54) is 0 Å². The molecule has 3 heteroatoms. The fourth-order valence-electron chi connectivity index (χ4n) is 0.885. The number of pyridine rings is 1. The van der Waals surface area contributed by atoms with E-state index in [1.807, 2.05) is 0 Å². The maximum absolute atomic E-state index is 5.68. The Morgan fingerprint density at radius 3 is 3.08 bits per heavy atom. The predicted molar refractivity (Wildman–Crippen MR) is 48.6 cm³/mol. The van der Waals surface area contributed by atoms with Crippen LogP contribution in [-0.2, 0) is 11.3 Å². The summed E-state index contributed by atoms with van der Waals surface area (Å²) in [6.45, 7) is 3.41. The molecule has 0 atom stereocenters. The van der Waals surface area contributed by atoms with Crippen molar-refractivity contribution in [1.82, 2.24) is 4.98 Å². The first-order valence-electron chi connectivity index (χ1n) is 4.10. The number of anilines is 1. The first-order valence-corrected chi connectivity index (χ1v) is 4.10. The van der Waals surface area contributed by atoms with Crippen LogP contribution in [0.1, 0.15) is 18.9 Å². The molecule has 0 radical (unpaired) electrons. The number of ether oxygens (including phenoxy) is 1. The van der Waals surface area contributed by atoms with Gasteiger partial charge >= 0.3 is 0 Å². The van der Waals surface area contributed by atoms with E-state index in [0.717, 1.165) is 24.3 Å². The summed E-state index contributed by atoms with van der Waals surface area (Å²) in [7, 11) is 0. The van der Waals surface area contributed by atoms with Crippen molar-refractivity contribution in [1.29, 1.82) is 0 Å². The average Bonchev–Trinajstić information content (AvgIpc) is 2.09. The Kier molecular flexibility index (Phi) is 3.54. The summed E-state index contributed by atoms with van der Waals surface area (Å²) in [6.07, 6.45) is 4.45. The zero-order valence-corrected chi connectivity index (χ0v) is 7.29. The highest BCUT2D eigenvalue weighted by atomic mass is 16.5. The molecule has 12 heavy (non-hydrogen) atoms. The minimum atomic E-state index is 0.563. The molecule has 0 bridgehead atoms. The third-order valence-corrected chi connectivity index (χ3v) is 1.55. The fourth-order valence-corrected chi connectivity index (χ4v) is 0.885. The highest BCUT2D eigenvalue weighted by Gasteiger charge is 1.96. The molecular weight excluding hydrogens is 152 g/mol. The lowest BCUT2D eigenvalue weighted by molar-refractivity contribution is 0.121. The van der Waals surface area contributed by atoms with Gasteiger partial charge in [0.25, 0.3) is 0 Å². The SMILES string of the molecule is CCCOCc1cnccc1N. The average molecular weight is 166 g/mol. The van der Waals surface area contributed by atoms with Gasteiger partial charge in [-0.2, -0.15) is 0 Å². The largest absolute Gasteiger partial charge is 0.398 e. The van der Waals surface area contributed by atoms with Crippen LogP contribution in [0.3, 0.4) is 0 Å². The molecule has 66 valence electrons. The maximum atomic E-state index is 5.68. The standard InChI is InChI=1S/C9H14N2O/c1-2-5-12-7-8-6-11-4-3-9(8)10/h3-4,6H,2,5,7H2,1H3,(H2,10,11). The zero-order valence-electron chi connectivity index (χ0n) is 7.29. The van der Waals surface area contributed by atoms with Gasteiger partial charge in [-0.3, -0.25) is 4.98 Å². The van der Waals surface area contributed by atoms with Crippen LogP contribution in [0.5, 0.6) is 0 Å². The number of hydrogen-bond acceptors (Lipinski definition) is 3. The van der Waals surface area contributed by atoms with Crippen molar-refractivity contribution in [3.63, 3.8) is 0 Å². The second-order valence-corrected chi connectivity index (χ2v) is 2.63. The highest BCUT2D eigenvalue weighted by Crippen LogP contribution is 2.09. The number of aromatic nitrogens is 1. The summed E-state index contributed by atoms with van der Waals surface area (Å²) in [6, 6.07) is 1.78. The molecule has 1 heterocycles. The van der Waals surface area contributed by atoms with Gasteiger partial charge in [-0.15, -0.1) is 0 Å². The molecule has 2 N–H and O–H groups in total. The Bertz CT molecular complexity index is 238. The van der Waals surface area contributed by atoms with E-state index in [0.29, 0.717) is 6.61 Å². The second-order valence-electron chi connectivity index (χ2n) is 2.63. The molecule has 1 aromatic rings. The summed E-state index contributed by atoms with van der Waals surface area (Å²) in [5, 5.41) is 0. The van der Waals surface area contributed by atoms with Crippen molar-refractivity contribution < 1.29 is 4.74 Å². The number of nitrogen functional groups attached to an aromatic ring is 1. The van der Waals surface area contributed by atoms with Gasteiger partial charge in [0.15, 0.2) is 0 Å². The molecule has 0 fully saturated rings. The van der Waals surface area contributed by atoms with Gasteiger partial charge < -0.3 is 10.5 Å². The summed E-state index contributed by atoms with van der Waals surface area (Å²) < 4.78 is 5.33. The van der Waals surface area contributed by atoms with Crippen molar-refractivity contribution in [2.75, 3.05) is 12.3 Å². The zero-order chi connectivity index (χ0) is 8.81. The van der Waals surface area contributed by atoms with Gasteiger partial charge in [-0.05, 0) is 12.5 Å². The third kappa shape index (κ3) is 2.51. The van der Waals surface area contributed by atoms with E-state index < -0.39 is 0 Å². The number of nitrogens with two attached hydrogens (primary N) is 1. The Hall–Kier alpha value is -1.09. The van der Waals surface area contributed by atoms with Gasteiger partial charge in [0.2, 0.25) is 0 Å². The van der Waals surface area contributed by atoms with Crippen LogP contribution >= 0.6 is 0 Å². The number of rotatable bonds is 4. The molecule has 0 aromatic carbocycles. The first-order chi connectivity index (χ1) is 5.84. The van der Waals surface area contributed by atoms with Gasteiger partial charge in [-0.1, -0.05) is 6.92 Å². The predicted octanol–water partition coefficient (Wildman–Crippen LogP) is 1.59. The minimum Gasteiger partial charge on any atom is -0.398 e. The van der Waals surface area contributed by atoms with Crippen molar-refractivity contribution in [2.24, 2.45) is 0 Å². The topological polar surface area (TPSA) is 48.1 Å². The quantitative estimate of drug-likeness (QED) is 0.691. The smallest absolute Gasteiger partial charge is 0.0752 e. The van der Waals surface area contributed by atoms with Crippen LogP contribution < -0.4 is 5.73 Å². The van der Waals surface area contributed by atoms with Gasteiger partial charge in [0, 0.05) is 30.3 Å². The van der Waals surface area contributed by atoms with Gasteiger partial charge in [0.05, 0.1) is 6.61 Å². The molecule has 3 nitrogen and oxygen atoms in total. The molecule has 0 saturated heterocycles. The summed E-state index contributed by atoms with van der Waals surface area (Å²) in [5.74, 6) is 0. The summed E-state index contributed by atoms with van der Waals surface area (Å²) >= 11 is 0. The molecule has 1 rings (SSSR count). The lowest BCUT2D eigenvalue weighted by atomic mass is 10.2. The summed E-state index contributed by atoms with van der Waals surface area (Å²) in [4.78, 5) is 3.96. The van der Waals surface area contributed by atoms with Crippen LogP contribution in [0.15, 0.2) is 18.5 Å². The van der Waals surface area contributed by atoms with E-state index in [-0.39, 0.29) is 0 Å². The Balaban J connectivity index is 2.46. The van der Waals surface area contributed by atoms with Gasteiger partial charge in [0.1, 0.15) is 0 Å². The molecule has 0 unspecified atom stereocenters. The normalized spacial score (nSPS) is 10.1. The third-order valence-electron chi connectivity index (χ3n) is 1.55. The molecule has 0 spiro atoms. The lowest BCUT2D eigenvalue weighted by Gasteiger charge is -2.04. The molecule has 0 aliphatic heterocycles. The Morgan fingerprint density at radius 1 is 1.58 bits per heavy atom. The van der Waals surface area contributed by atoms with Gasteiger partial charge in [-0.25, -0.2) is 0 Å². The number of hydrogen-bond donors (Lipinski definition) is 1. The van der Waals surface area contributed by atoms with E-state index >= 15 is 0 Å². The molecule has 0 aliphatic carbocycles. The molecule has 0 aliphatic rings. The Morgan fingerprint density at radius 2 is 2.42 bits per heavy atom. The van der Waals surface area contributed by atoms with E-state index in [4.69, 9.17) is 10.5 Å². The summed E-state index contributed by atoms with van der Waals surface area (Å²) in [5.41, 5.74) is 7.40. The fraction of sp³-hybridized carbons (Fsp3) is 0.444. The minimum absolute atomic E-state index is 0.563. The molecular formula is C9H14N2O. The van der Waals surface area contributed by atoms with Crippen molar-refractivity contribution >= 4 is 5.69 Å². The monoisotopic (exact) mass is 166 g/mol. The van der Waals surface area contributed by atoms with Crippen LogP contribution in [-0.4, -0.2) is 11.6 Å². The first kappa shape index (κ1) is 9.00. The van der Waals surface area contributed by atoms with E-state index in [2.05, 4.69) is 11.9 Å². The molecule has 1 aromatic heterocycles. The van der Waals surface area contributed by atoms with Crippen LogP contribution in [0.4, 0.5) is 5.69 Å². The lowest BCUT2D eigenvalue weighted by Crippen LogP contribution is -1.99. The Labute approximate surface area is 72.6 Å². The highest BCUT2D eigenvalue weighted by molar-refractivity contribution is 5.43. The molecule has 0 saturated carbocycles. The van der Waals surface area contributed by atoms with Crippen LogP contribution in [0, 0.1) is 0 Å². The maximum Gasteiger partial charge on any atom is 0.0752 e. The second kappa shape index (κ2) is 4.72. The number of nitrogens with zero attached hydrogens (tertiary/aromatic N) is 1. The van der Waals surface area contributed by atoms with Crippen molar-refractivity contribution in [3.05, 3.63) is 24.0 Å². The van der Waals surface area contributed by atoms with E-state index in [9.17, 15) is 0 Å². The van der Waals surface area contributed by atoms with Crippen molar-refractivity contribution in [3.8, 4) is 0 Å². The van der Waals surface area contributed by atoms with Crippen LogP contribution in [0.25, 0.3) is 0 Å². The molecule has 0 amide bonds.